The van der Waals surface area contributed by atoms with Crippen LogP contribution < -0.4 is 14.9 Å². The normalized spacial score (nSPS) is 23.5. The molecular formula is C31H29BF2N4O6S. The lowest BCUT2D eigenvalue weighted by Crippen LogP contribution is -2.52. The van der Waals surface area contributed by atoms with Gasteiger partial charge in [0.2, 0.25) is 10.5 Å². The molecule has 3 aliphatic heterocycles. The van der Waals surface area contributed by atoms with Gasteiger partial charge in [0.1, 0.15) is 31.7 Å². The number of aromatic nitrogens is 1. The first kappa shape index (κ1) is 31.0. The van der Waals surface area contributed by atoms with Crippen molar-refractivity contribution in [1.82, 2.24) is 14.2 Å². The maximum atomic E-state index is 14.4. The minimum absolute atomic E-state index is 0.00770. The highest BCUT2D eigenvalue weighted by Gasteiger charge is 2.54. The summed E-state index contributed by atoms with van der Waals surface area (Å²) in [4.78, 5) is 49.3. The second-order valence-corrected chi connectivity index (χ2v) is 12.4. The van der Waals surface area contributed by atoms with Crippen LogP contribution in [0.25, 0.3) is 0 Å². The Morgan fingerprint density at radius 1 is 1.27 bits per heavy atom. The monoisotopic (exact) mass is 634 g/mol. The molecule has 2 aromatic carbocycles. The Hall–Kier alpha value is -4.01. The van der Waals surface area contributed by atoms with Crippen LogP contribution in [0.15, 0.2) is 64.7 Å². The molecule has 2 bridgehead atoms. The lowest BCUT2D eigenvalue weighted by molar-refractivity contribution is -0.0656. The molecule has 1 amide bonds. The number of amides is 1. The third-order valence-electron chi connectivity index (χ3n) is 8.51. The van der Waals surface area contributed by atoms with E-state index in [4.69, 9.17) is 17.4 Å². The van der Waals surface area contributed by atoms with Crippen molar-refractivity contribution in [2.45, 2.75) is 63.0 Å². The van der Waals surface area contributed by atoms with E-state index in [1.54, 1.807) is 33.7 Å². The van der Waals surface area contributed by atoms with Crippen LogP contribution in [0.1, 0.15) is 71.1 Å². The number of carbonyl (C=O) groups is 2. The van der Waals surface area contributed by atoms with Gasteiger partial charge in [0, 0.05) is 48.8 Å². The second kappa shape index (κ2) is 11.7. The topological polar surface area (TPSA) is 122 Å². The zero-order chi connectivity index (χ0) is 32.1. The summed E-state index contributed by atoms with van der Waals surface area (Å²) in [5.41, 5.74) is -3.69. The molecular weight excluding hydrogens is 605 g/mol. The molecule has 45 heavy (non-hydrogen) atoms. The van der Waals surface area contributed by atoms with E-state index in [1.165, 1.54) is 6.20 Å². The first-order chi connectivity index (χ1) is 21.4. The van der Waals surface area contributed by atoms with Gasteiger partial charge in [0.15, 0.2) is 17.0 Å². The Morgan fingerprint density at radius 2 is 2.02 bits per heavy atom. The molecule has 0 aliphatic carbocycles. The number of aliphatic hydroxyl groups is 1. The molecule has 2 radical (unpaired) electrons. The number of nitrogens with one attached hydrogen (secondary N) is 1. The van der Waals surface area contributed by atoms with E-state index in [1.807, 2.05) is 19.9 Å². The Balaban J connectivity index is 1.42. The van der Waals surface area contributed by atoms with Gasteiger partial charge in [-0.05, 0) is 44.4 Å². The molecule has 4 heterocycles. The summed E-state index contributed by atoms with van der Waals surface area (Å²) in [7, 11) is 5.83. The van der Waals surface area contributed by atoms with Gasteiger partial charge in [-0.2, -0.15) is 0 Å². The van der Waals surface area contributed by atoms with Crippen molar-refractivity contribution in [2.24, 2.45) is 5.16 Å². The largest absolute Gasteiger partial charge is 0.483 e. The van der Waals surface area contributed by atoms with Crippen LogP contribution >= 0.6 is 11.9 Å². The Bertz CT molecular complexity index is 1770. The van der Waals surface area contributed by atoms with Crippen molar-refractivity contribution >= 4 is 36.5 Å². The minimum atomic E-state index is -2.61. The highest BCUT2D eigenvalue weighted by Crippen LogP contribution is 2.46. The molecule has 14 heteroatoms. The van der Waals surface area contributed by atoms with Gasteiger partial charge in [-0.3, -0.25) is 14.4 Å². The Kier molecular flexibility index (Phi) is 8.08. The van der Waals surface area contributed by atoms with Gasteiger partial charge in [0.25, 0.3) is 5.91 Å². The van der Waals surface area contributed by atoms with Gasteiger partial charge in [-0.15, -0.1) is 0 Å². The number of carbonyl (C=O) groups excluding carboxylic acids is 2. The average molecular weight is 634 g/mol. The third kappa shape index (κ3) is 5.66. The molecule has 1 saturated heterocycles. The van der Waals surface area contributed by atoms with E-state index >= 15 is 0 Å². The van der Waals surface area contributed by atoms with Crippen LogP contribution in [0, 0.1) is 11.6 Å². The second-order valence-electron chi connectivity index (χ2n) is 11.6. The molecule has 4 atom stereocenters. The van der Waals surface area contributed by atoms with E-state index in [9.17, 15) is 28.3 Å². The smallest absolute Gasteiger partial charge is 0.274 e. The van der Waals surface area contributed by atoms with Crippen LogP contribution in [0.5, 0.6) is 5.75 Å². The highest BCUT2D eigenvalue weighted by atomic mass is 32.2. The van der Waals surface area contributed by atoms with Crippen molar-refractivity contribution in [3.63, 3.8) is 0 Å². The van der Waals surface area contributed by atoms with Crippen LogP contribution in [0.2, 0.25) is 0 Å². The molecule has 4 unspecified atom stereocenters. The summed E-state index contributed by atoms with van der Waals surface area (Å²) in [5, 5.41) is 14.0. The lowest BCUT2D eigenvalue weighted by Gasteiger charge is -2.42. The number of nitrogens with zero attached hydrogens (tertiary/aromatic N) is 3. The van der Waals surface area contributed by atoms with Gasteiger partial charge < -0.3 is 24.1 Å². The maximum Gasteiger partial charge on any atom is 0.274 e. The molecule has 10 nitrogen and oxygen atoms in total. The first-order valence-electron chi connectivity index (χ1n) is 14.3. The summed E-state index contributed by atoms with van der Waals surface area (Å²) in [6.07, 6.45) is 2.98. The molecule has 1 spiro atoms. The fourth-order valence-electron chi connectivity index (χ4n) is 6.15. The van der Waals surface area contributed by atoms with Crippen LogP contribution in [-0.4, -0.2) is 57.3 Å². The van der Waals surface area contributed by atoms with E-state index < -0.39 is 50.9 Å². The molecule has 6 rings (SSSR count). The number of benzene rings is 2. The number of oxime groups is 1. The van der Waals surface area contributed by atoms with Crippen molar-refractivity contribution in [3.05, 3.63) is 99.0 Å². The van der Waals surface area contributed by atoms with Crippen LogP contribution in [0.3, 0.4) is 0 Å². The number of rotatable bonds is 7. The molecule has 232 valence electrons. The summed E-state index contributed by atoms with van der Waals surface area (Å²) in [5.74, 6) is -2.75. The number of ether oxygens (including phenoxy) is 1. The van der Waals surface area contributed by atoms with E-state index in [0.717, 1.165) is 23.4 Å². The van der Waals surface area contributed by atoms with Gasteiger partial charge in [-0.1, -0.05) is 35.5 Å². The Labute approximate surface area is 262 Å². The molecule has 1 aromatic heterocycles. The molecule has 1 fully saturated rings. The summed E-state index contributed by atoms with van der Waals surface area (Å²) >= 11 is 0.243. The SMILES string of the molecule is [B]C(O)(NSC(=O)c1cn2c(c(OCc3ccccc3)c1=O)C(=O)N1CC2C2(CCC1C)CC(C)=NO2)c1ccc(F)cc1F. The number of halogens is 2. The fourth-order valence-corrected chi connectivity index (χ4v) is 6.77. The van der Waals surface area contributed by atoms with E-state index in [-0.39, 0.29) is 48.1 Å². The van der Waals surface area contributed by atoms with E-state index in [2.05, 4.69) is 9.88 Å². The number of pyridine rings is 1. The predicted molar refractivity (Wildman–Crippen MR) is 163 cm³/mol. The van der Waals surface area contributed by atoms with Crippen molar-refractivity contribution in [2.75, 3.05) is 6.54 Å². The molecule has 2 N–H and O–H groups in total. The van der Waals surface area contributed by atoms with Crippen molar-refractivity contribution < 1.29 is 33.1 Å². The minimum Gasteiger partial charge on any atom is -0.483 e. The first-order valence-corrected chi connectivity index (χ1v) is 15.2. The standard InChI is InChI=1S/C31H29BF2N4O6S/c1-17-13-30(44-35-17)11-10-18(2)37-15-24(30)38-14-21(29(41)45-36-31(32,42)22-9-8-20(33)12-23(22)34)26(39)27(25(38)28(37)40)43-16-19-6-4-3-5-7-19/h3-9,12,14,18,24,36,42H,10-11,13,15-16H2,1-2H3. The maximum absolute atomic E-state index is 14.4. The Morgan fingerprint density at radius 3 is 2.71 bits per heavy atom. The quantitative estimate of drug-likeness (QED) is 0.229. The van der Waals surface area contributed by atoms with Crippen molar-refractivity contribution in [1.29, 1.82) is 0 Å². The number of hydrogen-bond acceptors (Lipinski definition) is 9. The van der Waals surface area contributed by atoms with Gasteiger partial charge in [-0.25, -0.2) is 13.5 Å². The third-order valence-corrected chi connectivity index (χ3v) is 9.33. The molecule has 3 aromatic rings. The highest BCUT2D eigenvalue weighted by molar-refractivity contribution is 8.12. The number of fused-ring (bicyclic) bond motifs is 5. The van der Waals surface area contributed by atoms with Gasteiger partial charge >= 0.3 is 0 Å². The van der Waals surface area contributed by atoms with Crippen LogP contribution in [-0.2, 0) is 17.1 Å². The molecule has 0 saturated carbocycles. The fraction of sp³-hybridized carbons (Fsp3) is 0.355. The van der Waals surface area contributed by atoms with Gasteiger partial charge in [0.05, 0.1) is 17.3 Å². The zero-order valence-electron chi connectivity index (χ0n) is 24.5. The summed E-state index contributed by atoms with van der Waals surface area (Å²) in [6, 6.07) is 10.7. The molecule has 3 aliphatic rings. The van der Waals surface area contributed by atoms with E-state index in [0.29, 0.717) is 25.3 Å². The predicted octanol–water partition coefficient (Wildman–Crippen LogP) is 3.77. The lowest BCUT2D eigenvalue weighted by atomic mass is 9.84. The summed E-state index contributed by atoms with van der Waals surface area (Å²) < 4.78 is 37.7. The average Bonchev–Trinajstić information content (AvgIpc) is 3.34. The zero-order valence-corrected chi connectivity index (χ0v) is 25.3. The summed E-state index contributed by atoms with van der Waals surface area (Å²) in [6.45, 7) is 3.98. The van der Waals surface area contributed by atoms with Crippen LogP contribution in [0.4, 0.5) is 8.78 Å². The van der Waals surface area contributed by atoms with Crippen molar-refractivity contribution in [3.8, 4) is 5.75 Å². The number of hydrogen-bond donors (Lipinski definition) is 2.